The summed E-state index contributed by atoms with van der Waals surface area (Å²) >= 11 is 0. The molecule has 1 N–H and O–H groups in total. The van der Waals surface area contributed by atoms with Crippen LogP contribution in [0.25, 0.3) is 0 Å². The molecule has 20 heavy (non-hydrogen) atoms. The normalized spacial score (nSPS) is 29.4. The number of hydrogen-bond acceptors (Lipinski definition) is 3. The third-order valence-electron chi connectivity index (χ3n) is 5.05. The van der Waals surface area contributed by atoms with E-state index in [1.807, 2.05) is 0 Å². The first kappa shape index (κ1) is 13.7. The van der Waals surface area contributed by atoms with Gasteiger partial charge in [0.05, 0.1) is 0 Å². The number of piperidine rings is 2. The van der Waals surface area contributed by atoms with Gasteiger partial charge in [-0.25, -0.2) is 0 Å². The Morgan fingerprint density at radius 3 is 2.15 bits per heavy atom. The van der Waals surface area contributed by atoms with Gasteiger partial charge in [0, 0.05) is 43.6 Å². The van der Waals surface area contributed by atoms with Crippen LogP contribution in [-0.2, 0) is 0 Å². The Morgan fingerprint density at radius 2 is 1.65 bits per heavy atom. The lowest BCUT2D eigenvalue weighted by atomic mass is 9.81. The molecule has 0 aliphatic carbocycles. The van der Waals surface area contributed by atoms with Crippen LogP contribution in [0.5, 0.6) is 0 Å². The second kappa shape index (κ2) is 5.65. The Labute approximate surface area is 123 Å². The highest BCUT2D eigenvalue weighted by atomic mass is 15.2. The summed E-state index contributed by atoms with van der Waals surface area (Å²) in [6.07, 6.45) is 6.69. The van der Waals surface area contributed by atoms with Gasteiger partial charge in [0.2, 0.25) is 0 Å². The van der Waals surface area contributed by atoms with Crippen LogP contribution in [0.2, 0.25) is 0 Å². The molecule has 2 aliphatic heterocycles. The monoisotopic (exact) mass is 273 g/mol. The summed E-state index contributed by atoms with van der Waals surface area (Å²) in [6, 6.07) is 11.3. The van der Waals surface area contributed by atoms with Crippen molar-refractivity contribution in [3.05, 3.63) is 24.3 Å². The summed E-state index contributed by atoms with van der Waals surface area (Å²) in [5, 5.41) is 3.50. The number of nitrogens with zero attached hydrogens (tertiary/aromatic N) is 2. The van der Waals surface area contributed by atoms with Gasteiger partial charge in [0.1, 0.15) is 0 Å². The van der Waals surface area contributed by atoms with Crippen molar-refractivity contribution in [1.29, 1.82) is 0 Å². The predicted octanol–water partition coefficient (Wildman–Crippen LogP) is 2.86. The third-order valence-corrected chi connectivity index (χ3v) is 5.05. The highest BCUT2D eigenvalue weighted by Crippen LogP contribution is 2.38. The van der Waals surface area contributed by atoms with Crippen molar-refractivity contribution in [2.24, 2.45) is 0 Å². The molecule has 0 aromatic heterocycles. The van der Waals surface area contributed by atoms with E-state index >= 15 is 0 Å². The molecule has 0 amide bonds. The molecule has 3 nitrogen and oxygen atoms in total. The van der Waals surface area contributed by atoms with Gasteiger partial charge >= 0.3 is 0 Å². The maximum atomic E-state index is 3.50. The standard InChI is InChI=1S/C17H27N3/c1-18-13-11-16-5-4-6-17(12-13)20(16)15-9-7-14(8-10-15)19(2)3/h7-10,13,16-18H,4-6,11-12H2,1-3H3. The van der Waals surface area contributed by atoms with Crippen molar-refractivity contribution in [3.8, 4) is 0 Å². The van der Waals surface area contributed by atoms with Crippen LogP contribution >= 0.6 is 0 Å². The lowest BCUT2D eigenvalue weighted by molar-refractivity contribution is 0.252. The fourth-order valence-corrected chi connectivity index (χ4v) is 3.96. The van der Waals surface area contributed by atoms with E-state index in [4.69, 9.17) is 0 Å². The molecule has 2 bridgehead atoms. The van der Waals surface area contributed by atoms with E-state index in [1.54, 1.807) is 0 Å². The minimum absolute atomic E-state index is 0.711. The average molecular weight is 273 g/mol. The molecule has 2 fully saturated rings. The number of anilines is 2. The van der Waals surface area contributed by atoms with E-state index in [1.165, 1.54) is 43.5 Å². The summed E-state index contributed by atoms with van der Waals surface area (Å²) < 4.78 is 0. The maximum Gasteiger partial charge on any atom is 0.0372 e. The quantitative estimate of drug-likeness (QED) is 0.913. The zero-order chi connectivity index (χ0) is 14.1. The van der Waals surface area contributed by atoms with E-state index < -0.39 is 0 Å². The Bertz CT molecular complexity index is 426. The lowest BCUT2D eigenvalue weighted by Crippen LogP contribution is -2.56. The molecule has 1 aromatic rings. The van der Waals surface area contributed by atoms with Crippen molar-refractivity contribution >= 4 is 11.4 Å². The molecule has 2 aliphatic rings. The largest absolute Gasteiger partial charge is 0.378 e. The molecule has 2 saturated heterocycles. The minimum atomic E-state index is 0.711. The fourth-order valence-electron chi connectivity index (χ4n) is 3.96. The lowest BCUT2D eigenvalue weighted by Gasteiger charge is -2.50. The van der Waals surface area contributed by atoms with Crippen LogP contribution in [0.1, 0.15) is 32.1 Å². The second-order valence-corrected chi connectivity index (χ2v) is 6.51. The van der Waals surface area contributed by atoms with Crippen molar-refractivity contribution in [2.75, 3.05) is 30.9 Å². The first-order valence-electron chi connectivity index (χ1n) is 7.92. The number of hydrogen-bond donors (Lipinski definition) is 1. The van der Waals surface area contributed by atoms with Crippen LogP contribution in [-0.4, -0.2) is 39.3 Å². The minimum Gasteiger partial charge on any atom is -0.378 e. The molecule has 110 valence electrons. The van der Waals surface area contributed by atoms with Gasteiger partial charge in [-0.3, -0.25) is 0 Å². The molecule has 2 atom stereocenters. The van der Waals surface area contributed by atoms with Gasteiger partial charge in [-0.05, 0) is 63.4 Å². The second-order valence-electron chi connectivity index (χ2n) is 6.51. The Morgan fingerprint density at radius 1 is 1.05 bits per heavy atom. The molecule has 2 heterocycles. The smallest absolute Gasteiger partial charge is 0.0372 e. The first-order chi connectivity index (χ1) is 9.69. The number of nitrogens with one attached hydrogen (secondary N) is 1. The van der Waals surface area contributed by atoms with Crippen molar-refractivity contribution in [3.63, 3.8) is 0 Å². The van der Waals surface area contributed by atoms with Gasteiger partial charge in [0.25, 0.3) is 0 Å². The van der Waals surface area contributed by atoms with Crippen LogP contribution in [0.4, 0.5) is 11.4 Å². The van der Waals surface area contributed by atoms with Crippen molar-refractivity contribution in [1.82, 2.24) is 5.32 Å². The van der Waals surface area contributed by atoms with Gasteiger partial charge < -0.3 is 15.1 Å². The zero-order valence-electron chi connectivity index (χ0n) is 13.0. The fraction of sp³-hybridized carbons (Fsp3) is 0.647. The van der Waals surface area contributed by atoms with Crippen molar-refractivity contribution < 1.29 is 0 Å². The summed E-state index contributed by atoms with van der Waals surface area (Å²) in [4.78, 5) is 4.87. The van der Waals surface area contributed by atoms with E-state index in [0.29, 0.717) is 6.04 Å². The van der Waals surface area contributed by atoms with Crippen LogP contribution in [0, 0.1) is 0 Å². The van der Waals surface area contributed by atoms with E-state index in [9.17, 15) is 0 Å². The van der Waals surface area contributed by atoms with E-state index in [0.717, 1.165) is 12.1 Å². The number of benzene rings is 1. The van der Waals surface area contributed by atoms with Crippen LogP contribution in [0.3, 0.4) is 0 Å². The average Bonchev–Trinajstić information content (AvgIpc) is 2.46. The zero-order valence-corrected chi connectivity index (χ0v) is 13.0. The summed E-state index contributed by atoms with van der Waals surface area (Å²) in [5.41, 5.74) is 2.70. The highest BCUT2D eigenvalue weighted by molar-refractivity contribution is 5.57. The first-order valence-corrected chi connectivity index (χ1v) is 7.92. The summed E-state index contributed by atoms with van der Waals surface area (Å²) in [6.45, 7) is 0. The van der Waals surface area contributed by atoms with Gasteiger partial charge in [-0.2, -0.15) is 0 Å². The maximum absolute atomic E-state index is 3.50. The molecular formula is C17H27N3. The van der Waals surface area contributed by atoms with Crippen molar-refractivity contribution in [2.45, 2.75) is 50.2 Å². The molecule has 0 saturated carbocycles. The Kier molecular flexibility index (Phi) is 3.88. The molecule has 2 unspecified atom stereocenters. The predicted molar refractivity (Wildman–Crippen MR) is 86.8 cm³/mol. The molecule has 1 aromatic carbocycles. The van der Waals surface area contributed by atoms with Gasteiger partial charge in [0.15, 0.2) is 0 Å². The van der Waals surface area contributed by atoms with Gasteiger partial charge in [-0.15, -0.1) is 0 Å². The summed E-state index contributed by atoms with van der Waals surface area (Å²) in [5.74, 6) is 0. The van der Waals surface area contributed by atoms with E-state index in [-0.39, 0.29) is 0 Å². The molecule has 0 radical (unpaired) electrons. The van der Waals surface area contributed by atoms with Gasteiger partial charge in [-0.1, -0.05) is 0 Å². The topological polar surface area (TPSA) is 18.5 Å². The SMILES string of the molecule is CNC1CC2CCCC(C1)N2c1ccc(N(C)C)cc1. The third kappa shape index (κ3) is 2.51. The molecule has 3 heteroatoms. The van der Waals surface area contributed by atoms with E-state index in [2.05, 4.69) is 60.5 Å². The Balaban J connectivity index is 1.82. The molecule has 0 spiro atoms. The number of fused-ring (bicyclic) bond motifs is 2. The molecule has 3 rings (SSSR count). The van der Waals surface area contributed by atoms with Crippen LogP contribution in [0.15, 0.2) is 24.3 Å². The van der Waals surface area contributed by atoms with Crippen LogP contribution < -0.4 is 15.1 Å². The number of rotatable bonds is 3. The Hall–Kier alpha value is -1.22. The molecular weight excluding hydrogens is 246 g/mol. The highest BCUT2D eigenvalue weighted by Gasteiger charge is 2.37. The summed E-state index contributed by atoms with van der Waals surface area (Å²) in [7, 11) is 6.31.